The Morgan fingerprint density at radius 2 is 1.25 bits per heavy atom. The van der Waals surface area contributed by atoms with Crippen LogP contribution in [0.2, 0.25) is 0 Å². The molecule has 0 saturated heterocycles. The van der Waals surface area contributed by atoms with Crippen LogP contribution in [0.4, 0.5) is 0 Å². The molecular weight excluding hydrogens is 696 g/mol. The van der Waals surface area contributed by atoms with Gasteiger partial charge in [0.2, 0.25) is 0 Å². The summed E-state index contributed by atoms with van der Waals surface area (Å²) in [5.41, 5.74) is 8.04. The lowest BCUT2D eigenvalue weighted by atomic mass is 9.63. The number of para-hydroxylation sites is 2. The van der Waals surface area contributed by atoms with Crippen LogP contribution in [0.25, 0.3) is 55.0 Å². The van der Waals surface area contributed by atoms with E-state index in [1.54, 1.807) is 0 Å². The Kier molecular flexibility index (Phi) is 6.19. The Labute approximate surface area is 315 Å². The van der Waals surface area contributed by atoms with Crippen LogP contribution in [0, 0.1) is 0 Å². The highest BCUT2D eigenvalue weighted by molar-refractivity contribution is 7.85. The van der Waals surface area contributed by atoms with Crippen molar-refractivity contribution in [1.29, 1.82) is 0 Å². The number of aromatic nitrogens is 2. The summed E-state index contributed by atoms with van der Waals surface area (Å²) in [6.07, 6.45) is 1.82. The summed E-state index contributed by atoms with van der Waals surface area (Å²) in [4.78, 5) is 9.88. The highest BCUT2D eigenvalue weighted by atomic mass is 31.2. The molecule has 2 aliphatic heterocycles. The second-order valence-corrected chi connectivity index (χ2v) is 17.1. The standard InChI is InChI=1S/C49H29N2O3P/c52-55(33-12-2-1-3-13-33)45-19-9-6-16-38(45)49(39-28-35-34-14-4-7-17-41(34)53-43(35)29-46(39)55)36-15-5-8-18-42(36)54-44-27-32(22-24-37(44)49)40-25-23-31-21-20-30-11-10-26-50-47(30)48(31)51-40/h1-29H. The van der Waals surface area contributed by atoms with Crippen LogP contribution >= 0.6 is 7.14 Å². The monoisotopic (exact) mass is 724 g/mol. The molecule has 5 nitrogen and oxygen atoms in total. The second kappa shape index (κ2) is 11.1. The van der Waals surface area contributed by atoms with Gasteiger partial charge in [0.05, 0.1) is 22.1 Å². The van der Waals surface area contributed by atoms with Crippen LogP contribution in [0.15, 0.2) is 180 Å². The number of ether oxygens (including phenoxy) is 1. The fourth-order valence-corrected chi connectivity index (χ4v) is 12.4. The van der Waals surface area contributed by atoms with Crippen LogP contribution in [0.1, 0.15) is 22.3 Å². The van der Waals surface area contributed by atoms with Gasteiger partial charge in [-0.2, -0.15) is 0 Å². The van der Waals surface area contributed by atoms with Gasteiger partial charge in [0.1, 0.15) is 22.7 Å². The molecule has 10 aromatic rings. The third-order valence-corrected chi connectivity index (χ3v) is 14.8. The third kappa shape index (κ3) is 4.05. The maximum Gasteiger partial charge on any atom is 0.171 e. The van der Waals surface area contributed by atoms with E-state index in [2.05, 4.69) is 97.1 Å². The van der Waals surface area contributed by atoms with E-state index in [4.69, 9.17) is 19.1 Å². The Morgan fingerprint density at radius 1 is 0.509 bits per heavy atom. The van der Waals surface area contributed by atoms with Gasteiger partial charge in [0.25, 0.3) is 0 Å². The van der Waals surface area contributed by atoms with Gasteiger partial charge in [-0.15, -0.1) is 0 Å². The number of nitrogens with zero attached hydrogens (tertiary/aromatic N) is 2. The van der Waals surface area contributed by atoms with Crippen LogP contribution in [0.5, 0.6) is 11.5 Å². The molecule has 0 amide bonds. The van der Waals surface area contributed by atoms with Crippen molar-refractivity contribution < 1.29 is 13.7 Å². The van der Waals surface area contributed by atoms with Gasteiger partial charge in [0.15, 0.2) is 7.14 Å². The molecule has 0 fully saturated rings. The van der Waals surface area contributed by atoms with Crippen molar-refractivity contribution in [3.63, 3.8) is 0 Å². The summed E-state index contributed by atoms with van der Waals surface area (Å²) in [5, 5.41) is 6.45. The summed E-state index contributed by atoms with van der Waals surface area (Å²) in [6, 6.07) is 57.7. The lowest BCUT2D eigenvalue weighted by Crippen LogP contribution is -2.47. The zero-order valence-corrected chi connectivity index (χ0v) is 30.2. The summed E-state index contributed by atoms with van der Waals surface area (Å²) in [7, 11) is -3.43. The summed E-state index contributed by atoms with van der Waals surface area (Å²) >= 11 is 0. The highest BCUT2D eigenvalue weighted by Crippen LogP contribution is 2.62. The molecule has 2 atom stereocenters. The second-order valence-electron chi connectivity index (χ2n) is 14.4. The maximum atomic E-state index is 16.3. The van der Waals surface area contributed by atoms with Gasteiger partial charge in [-0.25, -0.2) is 4.98 Å². The first kappa shape index (κ1) is 30.6. The molecule has 258 valence electrons. The number of rotatable bonds is 2. The van der Waals surface area contributed by atoms with Crippen LogP contribution < -0.4 is 20.7 Å². The van der Waals surface area contributed by atoms with Gasteiger partial charge >= 0.3 is 0 Å². The van der Waals surface area contributed by atoms with Crippen molar-refractivity contribution in [1.82, 2.24) is 9.97 Å². The zero-order valence-electron chi connectivity index (χ0n) is 29.3. The molecule has 7 aromatic carbocycles. The minimum absolute atomic E-state index is 0.714. The molecule has 1 spiro atoms. The Balaban J connectivity index is 1.19. The lowest BCUT2D eigenvalue weighted by Gasteiger charge is -2.47. The number of hydrogen-bond donors (Lipinski definition) is 0. The fraction of sp³-hybridized carbons (Fsp3) is 0.0204. The average molecular weight is 725 g/mol. The van der Waals surface area contributed by atoms with Gasteiger partial charge in [-0.1, -0.05) is 127 Å². The van der Waals surface area contributed by atoms with Crippen molar-refractivity contribution in [2.24, 2.45) is 0 Å². The largest absolute Gasteiger partial charge is 0.457 e. The molecule has 0 saturated carbocycles. The minimum Gasteiger partial charge on any atom is -0.457 e. The fourth-order valence-electron chi connectivity index (χ4n) is 9.25. The molecule has 0 radical (unpaired) electrons. The van der Waals surface area contributed by atoms with E-state index in [-0.39, 0.29) is 0 Å². The predicted octanol–water partition coefficient (Wildman–Crippen LogP) is 10.8. The van der Waals surface area contributed by atoms with E-state index in [9.17, 15) is 0 Å². The first-order valence-corrected chi connectivity index (χ1v) is 20.1. The van der Waals surface area contributed by atoms with Gasteiger partial charge in [0, 0.05) is 60.3 Å². The molecule has 55 heavy (non-hydrogen) atoms. The Bertz CT molecular complexity index is 3300. The predicted molar refractivity (Wildman–Crippen MR) is 221 cm³/mol. The number of pyridine rings is 2. The highest BCUT2D eigenvalue weighted by Gasteiger charge is 2.55. The molecule has 2 unspecified atom stereocenters. The quantitative estimate of drug-likeness (QED) is 0.131. The molecule has 12 rings (SSSR count). The first-order valence-electron chi connectivity index (χ1n) is 18.4. The topological polar surface area (TPSA) is 65.2 Å². The molecule has 3 aromatic heterocycles. The van der Waals surface area contributed by atoms with Gasteiger partial charge in [-0.05, 0) is 53.6 Å². The van der Waals surface area contributed by atoms with E-state index in [1.807, 2.05) is 79.0 Å². The van der Waals surface area contributed by atoms with E-state index >= 15 is 4.57 Å². The van der Waals surface area contributed by atoms with Crippen molar-refractivity contribution >= 4 is 66.8 Å². The van der Waals surface area contributed by atoms with Crippen molar-refractivity contribution in [3.05, 3.63) is 198 Å². The van der Waals surface area contributed by atoms with Crippen LogP contribution in [0.3, 0.4) is 0 Å². The van der Waals surface area contributed by atoms with Crippen molar-refractivity contribution in [3.8, 4) is 22.8 Å². The molecule has 5 heterocycles. The first-order chi connectivity index (χ1) is 27.1. The Morgan fingerprint density at radius 3 is 2.16 bits per heavy atom. The number of furan rings is 1. The minimum atomic E-state index is -3.43. The average Bonchev–Trinajstić information content (AvgIpc) is 3.62. The molecule has 6 heteroatoms. The van der Waals surface area contributed by atoms with Crippen LogP contribution in [-0.2, 0) is 9.98 Å². The van der Waals surface area contributed by atoms with Gasteiger partial charge < -0.3 is 13.7 Å². The van der Waals surface area contributed by atoms with Gasteiger partial charge in [-0.3, -0.25) is 4.98 Å². The number of hydrogen-bond acceptors (Lipinski definition) is 5. The molecule has 0 bridgehead atoms. The SMILES string of the molecule is O=P1(c2ccccc2)c2ccccc2C2(c3ccccc3Oc3cc(-c4ccc5ccc6cccnc6c5n4)ccc32)c2cc3c(cc21)oc1ccccc13. The third-order valence-electron chi connectivity index (χ3n) is 11.6. The zero-order chi connectivity index (χ0) is 36.3. The summed E-state index contributed by atoms with van der Waals surface area (Å²) in [5.74, 6) is 1.48. The van der Waals surface area contributed by atoms with E-state index in [0.29, 0.717) is 5.58 Å². The molecule has 0 N–H and O–H groups in total. The van der Waals surface area contributed by atoms with E-state index < -0.39 is 12.6 Å². The normalized spacial score (nSPS) is 18.2. The Hall–Kier alpha value is -6.81. The molecule has 0 aliphatic carbocycles. The van der Waals surface area contributed by atoms with Crippen molar-refractivity contribution in [2.45, 2.75) is 5.41 Å². The number of fused-ring (bicyclic) bond motifs is 14. The van der Waals surface area contributed by atoms with Crippen LogP contribution in [-0.4, -0.2) is 9.97 Å². The number of benzene rings is 7. The van der Waals surface area contributed by atoms with Crippen molar-refractivity contribution in [2.75, 3.05) is 0 Å². The summed E-state index contributed by atoms with van der Waals surface area (Å²) in [6.45, 7) is 0. The molecule has 2 aliphatic rings. The summed E-state index contributed by atoms with van der Waals surface area (Å²) < 4.78 is 29.8. The lowest BCUT2D eigenvalue weighted by molar-refractivity contribution is 0.435. The molecular formula is C49H29N2O3P. The maximum absolute atomic E-state index is 16.3. The van der Waals surface area contributed by atoms with E-state index in [1.165, 1.54) is 0 Å². The smallest absolute Gasteiger partial charge is 0.171 e. The van der Waals surface area contributed by atoms with E-state index in [0.717, 1.165) is 99.1 Å².